The zero-order valence-electron chi connectivity index (χ0n) is 19.2. The average molecular weight is 463 g/mol. The Hall–Kier alpha value is -3.49. The first-order valence-corrected chi connectivity index (χ1v) is 11.6. The van der Waals surface area contributed by atoms with Crippen LogP contribution in [-0.2, 0) is 11.2 Å². The third kappa shape index (κ3) is 7.00. The molecule has 3 aromatic rings. The lowest BCUT2D eigenvalue weighted by Gasteiger charge is -2.26. The Labute approximate surface area is 199 Å². The summed E-state index contributed by atoms with van der Waals surface area (Å²) in [4.78, 5) is 13.7. The molecule has 8 heteroatoms. The highest BCUT2D eigenvalue weighted by Crippen LogP contribution is 2.21. The number of carbonyl (C=O) groups is 1. The Morgan fingerprint density at radius 3 is 2.41 bits per heavy atom. The molecule has 1 fully saturated rings. The number of aromatic carboxylic acids is 1. The van der Waals surface area contributed by atoms with Gasteiger partial charge in [-0.05, 0) is 67.3 Å². The molecule has 1 aliphatic heterocycles. The molecule has 8 nitrogen and oxygen atoms in total. The smallest absolute Gasteiger partial charge is 0.358 e. The normalized spacial score (nSPS) is 14.0. The van der Waals surface area contributed by atoms with E-state index >= 15 is 0 Å². The van der Waals surface area contributed by atoms with E-state index in [2.05, 4.69) is 32.5 Å². The van der Waals surface area contributed by atoms with E-state index in [9.17, 15) is 9.90 Å². The maximum atomic E-state index is 11.3. The highest BCUT2D eigenvalue weighted by molar-refractivity contribution is 5.92. The second-order valence-corrected chi connectivity index (χ2v) is 8.25. The van der Waals surface area contributed by atoms with Gasteiger partial charge < -0.3 is 19.9 Å². The molecule has 2 heterocycles. The number of benzene rings is 2. The lowest BCUT2D eigenvalue weighted by atomic mass is 10.0. The minimum absolute atomic E-state index is 0.106. The van der Waals surface area contributed by atoms with Crippen LogP contribution in [0.2, 0.25) is 0 Å². The molecule has 0 unspecified atom stereocenters. The first kappa shape index (κ1) is 23.7. The van der Waals surface area contributed by atoms with Gasteiger partial charge in [0.05, 0.1) is 31.7 Å². The Kier molecular flexibility index (Phi) is 8.43. The van der Waals surface area contributed by atoms with Crippen molar-refractivity contribution < 1.29 is 19.4 Å². The molecule has 0 bridgehead atoms. The number of rotatable bonds is 11. The van der Waals surface area contributed by atoms with Crippen LogP contribution >= 0.6 is 0 Å². The number of hydrogen-bond acceptors (Lipinski definition) is 7. The van der Waals surface area contributed by atoms with Crippen LogP contribution in [0.1, 0.15) is 34.5 Å². The number of unbranched alkanes of at least 4 members (excludes halogenated alkanes) is 1. The van der Waals surface area contributed by atoms with Gasteiger partial charge in [-0.2, -0.15) is 5.10 Å². The van der Waals surface area contributed by atoms with Crippen molar-refractivity contribution in [2.24, 2.45) is 0 Å². The van der Waals surface area contributed by atoms with Gasteiger partial charge in [-0.1, -0.05) is 24.3 Å². The standard InChI is InChI=1S/C26H30N4O4/c31-26(32)25-24(11-12-27-29-25)28-22-7-3-20(4-8-22)19-21-5-9-23(10-6-21)34-16-2-1-13-30-14-17-33-18-15-30/h3-12H,1-2,13-19H2,(H,27,28)(H,31,32). The van der Waals surface area contributed by atoms with E-state index < -0.39 is 5.97 Å². The van der Waals surface area contributed by atoms with E-state index in [1.807, 2.05) is 36.4 Å². The van der Waals surface area contributed by atoms with Crippen molar-refractivity contribution in [2.75, 3.05) is 44.8 Å². The number of carboxylic acids is 1. The van der Waals surface area contributed by atoms with Crippen LogP contribution in [0, 0.1) is 0 Å². The van der Waals surface area contributed by atoms with E-state index in [1.54, 1.807) is 6.07 Å². The van der Waals surface area contributed by atoms with Crippen molar-refractivity contribution in [3.63, 3.8) is 0 Å². The van der Waals surface area contributed by atoms with Gasteiger partial charge in [-0.3, -0.25) is 4.90 Å². The quantitative estimate of drug-likeness (QED) is 0.413. The molecule has 1 saturated heterocycles. The zero-order chi connectivity index (χ0) is 23.6. The molecule has 0 spiro atoms. The van der Waals surface area contributed by atoms with Crippen molar-refractivity contribution in [2.45, 2.75) is 19.3 Å². The van der Waals surface area contributed by atoms with E-state index in [4.69, 9.17) is 9.47 Å². The van der Waals surface area contributed by atoms with Gasteiger partial charge in [-0.15, -0.1) is 5.10 Å². The van der Waals surface area contributed by atoms with E-state index in [1.165, 1.54) is 11.8 Å². The summed E-state index contributed by atoms with van der Waals surface area (Å²) < 4.78 is 11.3. The molecule has 34 heavy (non-hydrogen) atoms. The minimum Gasteiger partial charge on any atom is -0.494 e. The van der Waals surface area contributed by atoms with Crippen molar-refractivity contribution in [3.05, 3.63) is 77.6 Å². The van der Waals surface area contributed by atoms with Crippen molar-refractivity contribution in [1.82, 2.24) is 15.1 Å². The first-order valence-electron chi connectivity index (χ1n) is 11.6. The van der Waals surface area contributed by atoms with Gasteiger partial charge >= 0.3 is 5.97 Å². The second kappa shape index (κ2) is 12.1. The largest absolute Gasteiger partial charge is 0.494 e. The summed E-state index contributed by atoms with van der Waals surface area (Å²) >= 11 is 0. The Bertz CT molecular complexity index is 1050. The van der Waals surface area contributed by atoms with Crippen LogP contribution in [0.15, 0.2) is 60.8 Å². The van der Waals surface area contributed by atoms with Gasteiger partial charge in [-0.25, -0.2) is 4.79 Å². The van der Waals surface area contributed by atoms with Crippen LogP contribution in [0.3, 0.4) is 0 Å². The maximum Gasteiger partial charge on any atom is 0.358 e. The first-order chi connectivity index (χ1) is 16.7. The van der Waals surface area contributed by atoms with Gasteiger partial charge in [0.2, 0.25) is 0 Å². The lowest BCUT2D eigenvalue weighted by Crippen LogP contribution is -2.36. The zero-order valence-corrected chi connectivity index (χ0v) is 19.2. The molecule has 0 saturated carbocycles. The third-order valence-corrected chi connectivity index (χ3v) is 5.73. The predicted octanol–water partition coefficient (Wildman–Crippen LogP) is 4.00. The molecule has 4 rings (SSSR count). The molecule has 1 aliphatic rings. The molecular weight excluding hydrogens is 432 g/mol. The number of nitrogens with one attached hydrogen (secondary N) is 1. The molecule has 1 aromatic heterocycles. The summed E-state index contributed by atoms with van der Waals surface area (Å²) in [6.07, 6.45) is 4.44. The van der Waals surface area contributed by atoms with Gasteiger partial charge in [0.15, 0.2) is 5.69 Å². The highest BCUT2D eigenvalue weighted by atomic mass is 16.5. The molecule has 0 radical (unpaired) electrons. The lowest BCUT2D eigenvalue weighted by molar-refractivity contribution is 0.0368. The monoisotopic (exact) mass is 462 g/mol. The van der Waals surface area contributed by atoms with Gasteiger partial charge in [0, 0.05) is 18.8 Å². The molecule has 0 amide bonds. The number of aromatic nitrogens is 2. The fraction of sp³-hybridized carbons (Fsp3) is 0.346. The third-order valence-electron chi connectivity index (χ3n) is 5.73. The Morgan fingerprint density at radius 2 is 1.71 bits per heavy atom. The van der Waals surface area contributed by atoms with Crippen LogP contribution in [0.4, 0.5) is 11.4 Å². The topological polar surface area (TPSA) is 96.8 Å². The Balaban J connectivity index is 1.21. The average Bonchev–Trinajstić information content (AvgIpc) is 2.87. The summed E-state index contributed by atoms with van der Waals surface area (Å²) in [5, 5.41) is 19.6. The number of anilines is 2. The number of morpholine rings is 1. The van der Waals surface area contributed by atoms with E-state index in [-0.39, 0.29) is 5.69 Å². The summed E-state index contributed by atoms with van der Waals surface area (Å²) in [6, 6.07) is 17.7. The Morgan fingerprint density at radius 1 is 1.00 bits per heavy atom. The fourth-order valence-corrected chi connectivity index (χ4v) is 3.84. The summed E-state index contributed by atoms with van der Waals surface area (Å²) in [7, 11) is 0. The number of nitrogens with zero attached hydrogens (tertiary/aromatic N) is 3. The van der Waals surface area contributed by atoms with E-state index in [0.717, 1.165) is 75.7 Å². The summed E-state index contributed by atoms with van der Waals surface area (Å²) in [5.41, 5.74) is 3.45. The summed E-state index contributed by atoms with van der Waals surface area (Å²) in [5.74, 6) is -0.220. The number of hydrogen-bond donors (Lipinski definition) is 2. The van der Waals surface area contributed by atoms with Gasteiger partial charge in [0.1, 0.15) is 5.75 Å². The molecule has 0 atom stereocenters. The molecule has 2 aromatic carbocycles. The fourth-order valence-electron chi connectivity index (χ4n) is 3.84. The molecule has 2 N–H and O–H groups in total. The number of carboxylic acid groups (broad SMARTS) is 1. The SMILES string of the molecule is O=C(O)c1nnccc1Nc1ccc(Cc2ccc(OCCCCN3CCOCC3)cc2)cc1. The van der Waals surface area contributed by atoms with Crippen LogP contribution in [-0.4, -0.2) is 65.6 Å². The van der Waals surface area contributed by atoms with Gasteiger partial charge in [0.25, 0.3) is 0 Å². The van der Waals surface area contributed by atoms with Crippen LogP contribution in [0.25, 0.3) is 0 Å². The van der Waals surface area contributed by atoms with Crippen molar-refractivity contribution >= 4 is 17.3 Å². The minimum atomic E-state index is -1.12. The van der Waals surface area contributed by atoms with Crippen molar-refractivity contribution in [1.29, 1.82) is 0 Å². The van der Waals surface area contributed by atoms with Crippen LogP contribution < -0.4 is 10.1 Å². The van der Waals surface area contributed by atoms with E-state index in [0.29, 0.717) is 5.69 Å². The second-order valence-electron chi connectivity index (χ2n) is 8.25. The molecule has 0 aliphatic carbocycles. The van der Waals surface area contributed by atoms with Crippen LogP contribution in [0.5, 0.6) is 5.75 Å². The summed E-state index contributed by atoms with van der Waals surface area (Å²) in [6.45, 7) is 5.61. The predicted molar refractivity (Wildman–Crippen MR) is 130 cm³/mol. The maximum absolute atomic E-state index is 11.3. The number of ether oxygens (including phenoxy) is 2. The molecule has 178 valence electrons. The van der Waals surface area contributed by atoms with Crippen molar-refractivity contribution in [3.8, 4) is 5.75 Å². The highest BCUT2D eigenvalue weighted by Gasteiger charge is 2.12. The molecular formula is C26H30N4O4.